The van der Waals surface area contributed by atoms with Gasteiger partial charge in [0.15, 0.2) is 22.8 Å². The highest BCUT2D eigenvalue weighted by atomic mass is 32.2. The molecular weight excluding hydrogens is 1010 g/mol. The second-order valence-corrected chi connectivity index (χ2v) is 22.8. The number of hydrogen-bond acceptors (Lipinski definition) is 21. The quantitative estimate of drug-likeness (QED) is 0.0342. The molecule has 31 heteroatoms. The van der Waals surface area contributed by atoms with Crippen LogP contribution in [0.5, 0.6) is 0 Å². The summed E-state index contributed by atoms with van der Waals surface area (Å²) in [5.74, 6) is -1.16. The number of carbonyl (C=O) groups is 3. The van der Waals surface area contributed by atoms with Crippen molar-refractivity contribution in [2.45, 2.75) is 153 Å². The van der Waals surface area contributed by atoms with Crippen LogP contribution in [0.25, 0.3) is 11.2 Å². The van der Waals surface area contributed by atoms with Gasteiger partial charge in [-0.2, -0.15) is 4.31 Å². The molecule has 27 nitrogen and oxygen atoms in total. The van der Waals surface area contributed by atoms with Crippen molar-refractivity contribution < 1.29 is 95.8 Å². The zero-order valence-electron chi connectivity index (χ0n) is 39.2. The van der Waals surface area contributed by atoms with Crippen LogP contribution in [-0.2, 0) is 50.7 Å². The zero-order valence-corrected chi connectivity index (χ0v) is 42.7. The molecule has 70 heavy (non-hydrogen) atoms. The van der Waals surface area contributed by atoms with Gasteiger partial charge in [0.2, 0.25) is 11.8 Å². The normalized spacial score (nSPS) is 20.7. The summed E-state index contributed by atoms with van der Waals surface area (Å²) in [6.07, 6.45) is 2.91. The highest BCUT2D eigenvalue weighted by Gasteiger charge is 2.50. The van der Waals surface area contributed by atoms with E-state index in [-0.39, 0.29) is 48.2 Å². The molecule has 0 saturated carbocycles. The van der Waals surface area contributed by atoms with Crippen molar-refractivity contribution in [1.29, 1.82) is 0 Å². The SMILES string of the molecule is CC(C)(COP(=O)(O)OP(=O)(O)OC[C@H]1O[C@@H](n2cnc3c(N)ncnc32)[C@H](O)[C@@H]1OP(=O)(O)O)[C@@H](O)C(=O)NCCC(=O)NCCSC(=O)CCCCCCCC(O)C(O)CCCCCCCCO. The number of amides is 2. The van der Waals surface area contributed by atoms with E-state index in [9.17, 15) is 68.1 Å². The Morgan fingerprint density at radius 3 is 2.07 bits per heavy atom. The summed E-state index contributed by atoms with van der Waals surface area (Å²) in [5, 5.41) is 55.8. The van der Waals surface area contributed by atoms with E-state index < -0.39 is 96.8 Å². The van der Waals surface area contributed by atoms with E-state index in [4.69, 9.17) is 24.6 Å². The van der Waals surface area contributed by atoms with Crippen molar-refractivity contribution >= 4 is 69.1 Å². The van der Waals surface area contributed by atoms with Gasteiger partial charge in [0.1, 0.15) is 36.3 Å². The molecule has 3 rings (SSSR count). The zero-order chi connectivity index (χ0) is 52.1. The van der Waals surface area contributed by atoms with Crippen LogP contribution >= 0.6 is 35.2 Å². The number of aliphatic hydroxyl groups is 5. The smallest absolute Gasteiger partial charge is 0.396 e. The summed E-state index contributed by atoms with van der Waals surface area (Å²) in [5.41, 5.74) is 4.24. The van der Waals surface area contributed by atoms with Gasteiger partial charge in [-0.25, -0.2) is 28.6 Å². The van der Waals surface area contributed by atoms with Crippen LogP contribution < -0.4 is 16.4 Å². The number of fused-ring (bicyclic) bond motifs is 1. The fourth-order valence-corrected chi connectivity index (χ4v) is 10.6. The topological polar surface area (TPSA) is 424 Å². The molecule has 0 aliphatic carbocycles. The van der Waals surface area contributed by atoms with Crippen LogP contribution in [0.1, 0.15) is 116 Å². The Kier molecular flexibility index (Phi) is 26.4. The minimum Gasteiger partial charge on any atom is -0.396 e. The van der Waals surface area contributed by atoms with E-state index in [1.165, 1.54) is 13.8 Å². The van der Waals surface area contributed by atoms with Crippen LogP contribution in [0, 0.1) is 5.41 Å². The number of nitrogens with two attached hydrogens (primary N) is 1. The van der Waals surface area contributed by atoms with Gasteiger partial charge >= 0.3 is 23.5 Å². The van der Waals surface area contributed by atoms with E-state index in [1.54, 1.807) is 0 Å². The van der Waals surface area contributed by atoms with Crippen molar-refractivity contribution in [1.82, 2.24) is 30.2 Å². The summed E-state index contributed by atoms with van der Waals surface area (Å²) in [6.45, 7) is 0.637. The Morgan fingerprint density at radius 1 is 0.843 bits per heavy atom. The molecule has 1 fully saturated rings. The number of phosphoric acid groups is 3. The summed E-state index contributed by atoms with van der Waals surface area (Å²) in [6, 6.07) is 0. The van der Waals surface area contributed by atoms with Gasteiger partial charge in [0.25, 0.3) is 0 Å². The number of phosphoric ester groups is 3. The minimum atomic E-state index is -5.59. The highest BCUT2D eigenvalue weighted by Crippen LogP contribution is 2.61. The van der Waals surface area contributed by atoms with Gasteiger partial charge in [0, 0.05) is 43.7 Å². The molecule has 0 spiro atoms. The maximum atomic E-state index is 12.7. The van der Waals surface area contributed by atoms with Crippen molar-refractivity contribution in [2.24, 2.45) is 5.41 Å². The molecule has 13 N–H and O–H groups in total. The van der Waals surface area contributed by atoms with Crippen LogP contribution in [0.15, 0.2) is 12.7 Å². The van der Waals surface area contributed by atoms with Gasteiger partial charge in [-0.05, 0) is 25.7 Å². The van der Waals surface area contributed by atoms with Gasteiger partial charge in [-0.1, -0.05) is 83.4 Å². The van der Waals surface area contributed by atoms with E-state index in [1.807, 2.05) is 0 Å². The molecule has 0 radical (unpaired) electrons. The van der Waals surface area contributed by atoms with Crippen molar-refractivity contribution in [3.8, 4) is 0 Å². The standard InChI is InChI=1S/C39H70N7O20P3S/c1-39(2,23-63-69(60,61)66-68(58,59)62-22-28-33(65-67(55,56)57)32(52)38(64-28)46-25-45-31-35(40)43-24-44-36(31)46)34(53)37(54)42-18-17-29(50)41-19-21-70-30(51)16-12-8-5-7-11-15-27(49)26(48)14-10-6-3-4-9-13-20-47/h24-28,32-34,38,47-49,52-53H,3-23H2,1-2H3,(H,41,50)(H,42,54)(H,58,59)(H,60,61)(H2,40,43,44)(H2,55,56,57)/t26?,27?,28-,32-,33-,34+,38-/m1/s1. The molecule has 1 aliphatic rings. The lowest BCUT2D eigenvalue weighted by Crippen LogP contribution is -2.46. The highest BCUT2D eigenvalue weighted by molar-refractivity contribution is 8.13. The second kappa shape index (κ2) is 30.0. The fraction of sp³-hybridized carbons (Fsp3) is 0.795. The first kappa shape index (κ1) is 61.7. The number of carbonyl (C=O) groups excluding carboxylic acids is 3. The van der Waals surface area contributed by atoms with Crippen molar-refractivity contribution in [2.75, 3.05) is 44.4 Å². The first-order valence-corrected chi connectivity index (χ1v) is 28.4. The molecule has 0 bridgehead atoms. The van der Waals surface area contributed by atoms with Crippen LogP contribution in [0.2, 0.25) is 0 Å². The Labute approximate surface area is 409 Å². The number of hydrogen-bond donors (Lipinski definition) is 12. The second-order valence-electron chi connectivity index (χ2n) is 17.4. The molecule has 4 unspecified atom stereocenters. The largest absolute Gasteiger partial charge is 0.481 e. The molecule has 3 heterocycles. The summed E-state index contributed by atoms with van der Waals surface area (Å²) in [7, 11) is -16.5. The van der Waals surface area contributed by atoms with E-state index in [0.29, 0.717) is 31.4 Å². The number of aliphatic hydroxyl groups excluding tert-OH is 5. The third kappa shape index (κ3) is 22.3. The Morgan fingerprint density at radius 2 is 1.44 bits per heavy atom. The third-order valence-corrected chi connectivity index (χ3v) is 15.0. The number of rotatable bonds is 36. The van der Waals surface area contributed by atoms with Gasteiger partial charge in [0.05, 0.1) is 31.7 Å². The first-order valence-electron chi connectivity index (χ1n) is 22.9. The summed E-state index contributed by atoms with van der Waals surface area (Å²) in [4.78, 5) is 88.4. The number of nitrogen functional groups attached to an aromatic ring is 1. The van der Waals surface area contributed by atoms with Crippen molar-refractivity contribution in [3.05, 3.63) is 12.7 Å². The summed E-state index contributed by atoms with van der Waals surface area (Å²) < 4.78 is 62.4. The maximum Gasteiger partial charge on any atom is 0.481 e. The molecular formula is C39H70N7O20P3S. The average Bonchev–Trinajstić information content (AvgIpc) is 3.85. The Balaban J connectivity index is 1.29. The molecule has 0 aromatic carbocycles. The van der Waals surface area contributed by atoms with E-state index in [0.717, 1.165) is 93.2 Å². The molecule has 2 aromatic rings. The molecule has 2 aromatic heterocycles. The molecule has 9 atom stereocenters. The monoisotopic (exact) mass is 1080 g/mol. The Hall–Kier alpha value is -2.56. The molecule has 2 amide bonds. The number of anilines is 1. The predicted molar refractivity (Wildman–Crippen MR) is 251 cm³/mol. The maximum absolute atomic E-state index is 12.7. The molecule has 1 saturated heterocycles. The summed E-state index contributed by atoms with van der Waals surface area (Å²) >= 11 is 1.09. The number of nitrogens with zero attached hydrogens (tertiary/aromatic N) is 4. The van der Waals surface area contributed by atoms with Crippen LogP contribution in [0.4, 0.5) is 5.82 Å². The van der Waals surface area contributed by atoms with E-state index in [2.05, 4.69) is 34.4 Å². The van der Waals surface area contributed by atoms with Gasteiger partial charge < -0.3 is 66.2 Å². The number of aromatic nitrogens is 4. The minimum absolute atomic E-state index is 0.0156. The van der Waals surface area contributed by atoms with E-state index >= 15 is 0 Å². The van der Waals surface area contributed by atoms with Gasteiger partial charge in [-0.3, -0.25) is 32.5 Å². The number of imidazole rings is 1. The molecule has 402 valence electrons. The lowest BCUT2D eigenvalue weighted by atomic mass is 9.87. The average molecular weight is 1080 g/mol. The van der Waals surface area contributed by atoms with Crippen molar-refractivity contribution in [3.63, 3.8) is 0 Å². The van der Waals surface area contributed by atoms with Crippen LogP contribution in [0.3, 0.4) is 0 Å². The lowest BCUT2D eigenvalue weighted by molar-refractivity contribution is -0.137. The van der Waals surface area contributed by atoms with Crippen LogP contribution in [-0.4, -0.2) is 157 Å². The number of ether oxygens (including phenoxy) is 1. The predicted octanol–water partition coefficient (Wildman–Crippen LogP) is 1.84. The molecule has 1 aliphatic heterocycles. The fourth-order valence-electron chi connectivity index (χ4n) is 7.08. The Bertz CT molecular complexity index is 2090. The lowest BCUT2D eigenvalue weighted by Gasteiger charge is -2.30. The third-order valence-electron chi connectivity index (χ3n) is 11.0. The van der Waals surface area contributed by atoms with Gasteiger partial charge in [-0.15, -0.1) is 0 Å². The number of nitrogens with one attached hydrogen (secondary N) is 2. The number of thioether (sulfide) groups is 1. The number of unbranched alkanes of at least 4 members (excludes halogenated alkanes) is 9. The first-order chi connectivity index (χ1) is 32.9.